The van der Waals surface area contributed by atoms with Crippen molar-refractivity contribution in [2.45, 2.75) is 20.5 Å². The molecule has 34 heavy (non-hydrogen) atoms. The molecule has 0 heterocycles. The highest BCUT2D eigenvalue weighted by Gasteiger charge is 2.08. The van der Waals surface area contributed by atoms with Crippen LogP contribution in [0.1, 0.15) is 23.6 Å². The molecule has 1 amide bonds. The van der Waals surface area contributed by atoms with Crippen LogP contribution in [0.25, 0.3) is 0 Å². The first kappa shape index (κ1) is 24.2. The number of nitrogens with one attached hydrogen (secondary N) is 2. The number of hydrazone groups is 1. The normalized spacial score (nSPS) is 10.6. The van der Waals surface area contributed by atoms with E-state index in [0.29, 0.717) is 18.1 Å². The fourth-order valence-electron chi connectivity index (χ4n) is 2.94. The Labute approximate surface area is 197 Å². The number of aryl methyl sites for hydroxylation is 1. The van der Waals surface area contributed by atoms with E-state index in [1.165, 1.54) is 18.3 Å². The zero-order chi connectivity index (χ0) is 24.3. The Kier molecular flexibility index (Phi) is 8.56. The van der Waals surface area contributed by atoms with Crippen molar-refractivity contribution in [3.8, 4) is 11.5 Å². The van der Waals surface area contributed by atoms with E-state index in [1.807, 2.05) is 38.1 Å². The van der Waals surface area contributed by atoms with E-state index in [0.717, 1.165) is 22.4 Å². The molecule has 9 nitrogen and oxygen atoms in total. The second-order valence-corrected chi connectivity index (χ2v) is 7.36. The fourth-order valence-corrected chi connectivity index (χ4v) is 2.94. The second-order valence-electron chi connectivity index (χ2n) is 7.36. The van der Waals surface area contributed by atoms with Gasteiger partial charge in [-0.1, -0.05) is 17.7 Å². The van der Waals surface area contributed by atoms with Gasteiger partial charge in [-0.15, -0.1) is 0 Å². The van der Waals surface area contributed by atoms with Crippen LogP contribution in [0.2, 0.25) is 0 Å². The summed E-state index contributed by atoms with van der Waals surface area (Å²) in [5.74, 6) is 0.786. The number of hydrogen-bond acceptors (Lipinski definition) is 7. The van der Waals surface area contributed by atoms with Crippen LogP contribution in [0, 0.1) is 17.0 Å². The van der Waals surface area contributed by atoms with Crippen LogP contribution in [0.4, 0.5) is 11.4 Å². The van der Waals surface area contributed by atoms with Gasteiger partial charge in [0.15, 0.2) is 11.5 Å². The number of benzene rings is 3. The fraction of sp³-hybridized carbons (Fsp3) is 0.200. The summed E-state index contributed by atoms with van der Waals surface area (Å²) in [6.07, 6.45) is 1.52. The summed E-state index contributed by atoms with van der Waals surface area (Å²) >= 11 is 0. The van der Waals surface area contributed by atoms with E-state index in [4.69, 9.17) is 9.47 Å². The Morgan fingerprint density at radius 3 is 2.44 bits per heavy atom. The van der Waals surface area contributed by atoms with Crippen LogP contribution in [0.5, 0.6) is 11.5 Å². The first-order chi connectivity index (χ1) is 16.4. The average Bonchev–Trinajstić information content (AvgIpc) is 2.83. The Hall–Kier alpha value is -4.40. The Bertz CT molecular complexity index is 1140. The molecule has 3 aromatic rings. The third-order valence-corrected chi connectivity index (χ3v) is 4.72. The summed E-state index contributed by atoms with van der Waals surface area (Å²) in [5.41, 5.74) is 6.03. The molecule has 9 heteroatoms. The molecule has 0 aromatic heterocycles. The SMILES string of the molecule is CCOc1cc(/C=N\NC(=O)CNc2ccc(C)cc2)ccc1OCc1ccc([N+](=O)[O-])cc1. The Morgan fingerprint density at radius 2 is 1.76 bits per heavy atom. The van der Waals surface area contributed by atoms with Crippen LogP contribution < -0.4 is 20.2 Å². The van der Waals surface area contributed by atoms with E-state index in [-0.39, 0.29) is 24.7 Å². The Balaban J connectivity index is 1.54. The van der Waals surface area contributed by atoms with Crippen molar-refractivity contribution >= 4 is 23.5 Å². The van der Waals surface area contributed by atoms with Crippen LogP contribution >= 0.6 is 0 Å². The van der Waals surface area contributed by atoms with E-state index >= 15 is 0 Å². The zero-order valence-electron chi connectivity index (χ0n) is 19.0. The molecular formula is C25H26N4O5. The number of ether oxygens (including phenoxy) is 2. The molecule has 3 aromatic carbocycles. The maximum absolute atomic E-state index is 12.0. The molecule has 0 aliphatic rings. The van der Waals surface area contributed by atoms with Gasteiger partial charge in [-0.3, -0.25) is 14.9 Å². The van der Waals surface area contributed by atoms with Gasteiger partial charge in [-0.25, -0.2) is 5.43 Å². The monoisotopic (exact) mass is 462 g/mol. The summed E-state index contributed by atoms with van der Waals surface area (Å²) in [6.45, 7) is 4.63. The molecule has 0 bridgehead atoms. The topological polar surface area (TPSA) is 115 Å². The number of nitro benzene ring substituents is 1. The van der Waals surface area contributed by atoms with Gasteiger partial charge in [-0.2, -0.15) is 5.10 Å². The molecular weight excluding hydrogens is 436 g/mol. The zero-order valence-corrected chi connectivity index (χ0v) is 19.0. The molecule has 0 unspecified atom stereocenters. The van der Waals surface area contributed by atoms with E-state index in [2.05, 4.69) is 15.8 Å². The highest BCUT2D eigenvalue weighted by molar-refractivity contribution is 5.84. The first-order valence-electron chi connectivity index (χ1n) is 10.7. The van der Waals surface area contributed by atoms with Crippen LogP contribution in [-0.4, -0.2) is 30.2 Å². The molecule has 0 atom stereocenters. The van der Waals surface area contributed by atoms with Crippen molar-refractivity contribution in [3.05, 3.63) is 93.5 Å². The number of nitro groups is 1. The summed E-state index contributed by atoms with van der Waals surface area (Å²) in [5, 5.41) is 17.8. The lowest BCUT2D eigenvalue weighted by molar-refractivity contribution is -0.384. The highest BCUT2D eigenvalue weighted by Crippen LogP contribution is 2.29. The lowest BCUT2D eigenvalue weighted by atomic mass is 10.2. The van der Waals surface area contributed by atoms with Gasteiger partial charge in [0.1, 0.15) is 6.61 Å². The van der Waals surface area contributed by atoms with Crippen molar-refractivity contribution in [1.29, 1.82) is 0 Å². The predicted molar refractivity (Wildman–Crippen MR) is 130 cm³/mol. The van der Waals surface area contributed by atoms with E-state index < -0.39 is 4.92 Å². The van der Waals surface area contributed by atoms with E-state index in [9.17, 15) is 14.9 Å². The molecule has 0 saturated carbocycles. The highest BCUT2D eigenvalue weighted by atomic mass is 16.6. The molecule has 0 radical (unpaired) electrons. The number of anilines is 1. The van der Waals surface area contributed by atoms with Crippen LogP contribution in [-0.2, 0) is 11.4 Å². The predicted octanol–water partition coefficient (Wildman–Crippen LogP) is 4.44. The molecule has 3 rings (SSSR count). The van der Waals surface area contributed by atoms with Crippen molar-refractivity contribution < 1.29 is 19.2 Å². The minimum Gasteiger partial charge on any atom is -0.490 e. The van der Waals surface area contributed by atoms with Gasteiger partial charge in [0, 0.05) is 17.8 Å². The van der Waals surface area contributed by atoms with Gasteiger partial charge in [0.25, 0.3) is 11.6 Å². The lowest BCUT2D eigenvalue weighted by Gasteiger charge is -2.12. The van der Waals surface area contributed by atoms with Crippen molar-refractivity contribution in [3.63, 3.8) is 0 Å². The smallest absolute Gasteiger partial charge is 0.269 e. The number of non-ortho nitro benzene ring substituents is 1. The van der Waals surface area contributed by atoms with E-state index in [1.54, 1.807) is 30.3 Å². The lowest BCUT2D eigenvalue weighted by Crippen LogP contribution is -2.25. The number of hydrogen-bond donors (Lipinski definition) is 2. The third-order valence-electron chi connectivity index (χ3n) is 4.72. The molecule has 0 saturated heterocycles. The molecule has 0 fully saturated rings. The summed E-state index contributed by atoms with van der Waals surface area (Å²) in [6, 6.07) is 19.2. The van der Waals surface area contributed by atoms with Crippen LogP contribution in [0.3, 0.4) is 0 Å². The van der Waals surface area contributed by atoms with Crippen molar-refractivity contribution in [1.82, 2.24) is 5.43 Å². The standard InChI is InChI=1S/C25H26N4O5/c1-3-33-24-14-20(15-27-28-25(30)16-26-21-9-4-18(2)5-10-21)8-13-23(24)34-17-19-6-11-22(12-7-19)29(31)32/h4-15,26H,3,16-17H2,1-2H3,(H,28,30)/b27-15-. The number of carbonyl (C=O) groups is 1. The van der Waals surface area contributed by atoms with Crippen molar-refractivity contribution in [2.75, 3.05) is 18.5 Å². The van der Waals surface area contributed by atoms with Gasteiger partial charge in [0.2, 0.25) is 0 Å². The molecule has 0 aliphatic heterocycles. The number of carbonyl (C=O) groups excluding carboxylic acids is 1. The third kappa shape index (κ3) is 7.33. The second kappa shape index (κ2) is 12.0. The maximum atomic E-state index is 12.0. The maximum Gasteiger partial charge on any atom is 0.269 e. The van der Waals surface area contributed by atoms with Gasteiger partial charge < -0.3 is 14.8 Å². The molecule has 2 N–H and O–H groups in total. The summed E-state index contributed by atoms with van der Waals surface area (Å²) in [4.78, 5) is 22.3. The number of nitrogens with zero attached hydrogens (tertiary/aromatic N) is 2. The largest absolute Gasteiger partial charge is 0.490 e. The Morgan fingerprint density at radius 1 is 1.03 bits per heavy atom. The summed E-state index contributed by atoms with van der Waals surface area (Å²) < 4.78 is 11.5. The van der Waals surface area contributed by atoms with Gasteiger partial charge in [0.05, 0.1) is 24.3 Å². The minimum absolute atomic E-state index is 0.0282. The number of rotatable bonds is 11. The molecule has 0 aliphatic carbocycles. The molecule has 176 valence electrons. The quantitative estimate of drug-likeness (QED) is 0.247. The van der Waals surface area contributed by atoms with Crippen LogP contribution in [0.15, 0.2) is 71.8 Å². The molecule has 0 spiro atoms. The first-order valence-corrected chi connectivity index (χ1v) is 10.7. The van der Waals surface area contributed by atoms with Crippen molar-refractivity contribution in [2.24, 2.45) is 5.10 Å². The van der Waals surface area contributed by atoms with Gasteiger partial charge >= 0.3 is 0 Å². The average molecular weight is 463 g/mol. The minimum atomic E-state index is -0.443. The van der Waals surface area contributed by atoms with Gasteiger partial charge in [-0.05, 0) is 67.4 Å². The number of amides is 1. The summed E-state index contributed by atoms with van der Waals surface area (Å²) in [7, 11) is 0.